The second kappa shape index (κ2) is 10.2. The molecule has 0 spiro atoms. The summed E-state index contributed by atoms with van der Waals surface area (Å²) in [5, 5.41) is 51.4. The number of nitrogens with zero attached hydrogens (tertiary/aromatic N) is 1. The normalized spacial score (nSPS) is 24.6. The van der Waals surface area contributed by atoms with E-state index in [2.05, 4.69) is 10.5 Å². The quantitative estimate of drug-likeness (QED) is 0.236. The molecule has 1 fully saturated rings. The largest absolute Gasteiger partial charge is 0.508 e. The van der Waals surface area contributed by atoms with Crippen LogP contribution < -0.4 is 11.1 Å². The van der Waals surface area contributed by atoms with Gasteiger partial charge in [-0.2, -0.15) is 0 Å². The van der Waals surface area contributed by atoms with Crippen molar-refractivity contribution < 1.29 is 44.1 Å². The van der Waals surface area contributed by atoms with Gasteiger partial charge in [-0.05, 0) is 59.6 Å². The van der Waals surface area contributed by atoms with Crippen LogP contribution in [0.25, 0.3) is 16.9 Å². The second-order valence-corrected chi connectivity index (χ2v) is 11.7. The number of fused-ring (bicyclic) bond motifs is 3. The number of phenols is 1. The number of aromatic nitrogens is 1. The number of carbonyl (C=O) groups is 4. The molecule has 12 nitrogen and oxygen atoms in total. The number of aromatic hydroxyl groups is 1. The molecule has 6 rings (SSSR count). The number of rotatable bonds is 5. The topological polar surface area (TPSA) is 213 Å². The first-order valence-corrected chi connectivity index (χ1v) is 14.0. The first kappa shape index (κ1) is 28.9. The van der Waals surface area contributed by atoms with Crippen molar-refractivity contribution >= 4 is 34.8 Å². The number of phenolic OH excluding ortho intramolecular Hbond substituents is 1. The number of hydrogen-bond donors (Lipinski definition) is 6. The van der Waals surface area contributed by atoms with Crippen LogP contribution in [0.3, 0.4) is 0 Å². The van der Waals surface area contributed by atoms with Crippen molar-refractivity contribution in [3.63, 3.8) is 0 Å². The lowest BCUT2D eigenvalue weighted by Gasteiger charge is -2.50. The summed E-state index contributed by atoms with van der Waals surface area (Å²) in [6.45, 7) is 3.41. The van der Waals surface area contributed by atoms with E-state index in [9.17, 15) is 39.6 Å². The van der Waals surface area contributed by atoms with E-state index in [0.29, 0.717) is 22.4 Å². The van der Waals surface area contributed by atoms with Crippen molar-refractivity contribution in [2.45, 2.75) is 32.3 Å². The average Bonchev–Trinajstić information content (AvgIpc) is 3.50. The summed E-state index contributed by atoms with van der Waals surface area (Å²) in [4.78, 5) is 52.1. The van der Waals surface area contributed by atoms with Gasteiger partial charge in [0, 0.05) is 29.2 Å². The number of aliphatic hydroxyl groups is 3. The molecule has 12 heteroatoms. The molecule has 7 N–H and O–H groups in total. The Morgan fingerprint density at radius 2 is 1.86 bits per heavy atom. The van der Waals surface area contributed by atoms with Gasteiger partial charge >= 0.3 is 0 Å². The monoisotopic (exact) mass is 599 g/mol. The number of Topliss-reactive ketones (excluding diaryl/α,β-unsaturated/α-hetero) is 2. The van der Waals surface area contributed by atoms with Crippen LogP contribution in [0.4, 0.5) is 5.69 Å². The molecule has 226 valence electrons. The van der Waals surface area contributed by atoms with Crippen molar-refractivity contribution in [3.8, 4) is 16.9 Å². The molecular formula is C32H29N3O9. The molecule has 0 saturated heterocycles. The van der Waals surface area contributed by atoms with Crippen molar-refractivity contribution in [2.75, 3.05) is 5.32 Å². The summed E-state index contributed by atoms with van der Waals surface area (Å²) in [7, 11) is 0. The third kappa shape index (κ3) is 4.13. The fraction of sp³-hybridized carbons (Fsp3) is 0.281. The molecule has 1 aromatic heterocycles. The van der Waals surface area contributed by atoms with Gasteiger partial charge in [-0.3, -0.25) is 19.2 Å². The van der Waals surface area contributed by atoms with Crippen molar-refractivity contribution in [2.24, 2.45) is 29.4 Å². The fourth-order valence-electron chi connectivity index (χ4n) is 7.05. The number of primary amides is 1. The van der Waals surface area contributed by atoms with Crippen LogP contribution in [0.15, 0.2) is 70.1 Å². The zero-order valence-electron chi connectivity index (χ0n) is 23.7. The van der Waals surface area contributed by atoms with E-state index in [-0.39, 0.29) is 35.5 Å². The number of carbonyl (C=O) groups excluding carboxylic acids is 4. The number of benzene rings is 2. The van der Waals surface area contributed by atoms with Crippen molar-refractivity contribution in [3.05, 3.63) is 82.5 Å². The van der Waals surface area contributed by atoms with E-state index in [1.54, 1.807) is 44.2 Å². The van der Waals surface area contributed by atoms with Gasteiger partial charge in [0.25, 0.3) is 11.8 Å². The Hall–Kier alpha value is -5.23. The minimum absolute atomic E-state index is 0.00807. The smallest absolute Gasteiger partial charge is 0.294 e. The van der Waals surface area contributed by atoms with E-state index in [4.69, 9.17) is 10.3 Å². The maximum atomic E-state index is 14.0. The zero-order chi connectivity index (χ0) is 31.7. The molecule has 3 aromatic rings. The molecule has 0 unspecified atom stereocenters. The molecule has 2 amide bonds. The highest BCUT2D eigenvalue weighted by molar-refractivity contribution is 6.23. The number of ketones is 2. The average molecular weight is 600 g/mol. The van der Waals surface area contributed by atoms with Gasteiger partial charge in [0.05, 0.1) is 11.8 Å². The summed E-state index contributed by atoms with van der Waals surface area (Å²) in [5.74, 6) is -8.83. The van der Waals surface area contributed by atoms with Gasteiger partial charge in [0.15, 0.2) is 11.4 Å². The lowest BCUT2D eigenvalue weighted by molar-refractivity contribution is -0.155. The number of amides is 2. The minimum Gasteiger partial charge on any atom is -0.508 e. The molecule has 0 bridgehead atoms. The Labute approximate surface area is 250 Å². The maximum Gasteiger partial charge on any atom is 0.294 e. The van der Waals surface area contributed by atoms with E-state index < -0.39 is 69.7 Å². The standard InChI is InChI=1S/C32H29N3O9/c1-13(2)22-19-12-15-11-18-17(14-4-3-5-16(10-14)35-31(42)21-8-9-34-44-21)6-7-20(36)24(18)27(38)23(15)28(39)32(19,43)29(40)25(26(22)37)30(33)41/h3-10,13,15,19,22,36,38,40,43H,11-12H2,1-2H3,(H2,33,41)(H,35,42)/t15-,19-,22-,32-/m0/s1. The number of aliphatic hydroxyl groups excluding tert-OH is 2. The summed E-state index contributed by atoms with van der Waals surface area (Å²) in [6.07, 6.45) is 1.49. The number of nitrogens with one attached hydrogen (secondary N) is 1. The minimum atomic E-state index is -2.67. The van der Waals surface area contributed by atoms with E-state index in [1.165, 1.54) is 18.3 Å². The van der Waals surface area contributed by atoms with Crippen LogP contribution in [0, 0.1) is 23.7 Å². The molecule has 3 aliphatic rings. The first-order valence-electron chi connectivity index (χ1n) is 14.0. The van der Waals surface area contributed by atoms with Crippen molar-refractivity contribution in [1.29, 1.82) is 0 Å². The third-order valence-electron chi connectivity index (χ3n) is 8.95. The Morgan fingerprint density at radius 3 is 2.52 bits per heavy atom. The predicted octanol–water partition coefficient (Wildman–Crippen LogP) is 3.21. The van der Waals surface area contributed by atoms with Crippen LogP contribution in [0.5, 0.6) is 5.75 Å². The molecule has 44 heavy (non-hydrogen) atoms. The highest BCUT2D eigenvalue weighted by Crippen LogP contribution is 2.55. The SMILES string of the molecule is CC(C)[C@@H]1C(=O)C(C(N)=O)=C(O)[C@@]2(O)C(=O)C3=C(O)c4c(O)ccc(-c5cccc(NC(=O)c6ccno6)c5)c4C[C@H]3C[C@@H]12. The maximum absolute atomic E-state index is 14.0. The summed E-state index contributed by atoms with van der Waals surface area (Å²) < 4.78 is 4.91. The van der Waals surface area contributed by atoms with Gasteiger partial charge in [0.1, 0.15) is 22.8 Å². The van der Waals surface area contributed by atoms with Crippen LogP contribution in [-0.2, 0) is 20.8 Å². The zero-order valence-corrected chi connectivity index (χ0v) is 23.7. The van der Waals surface area contributed by atoms with Gasteiger partial charge in [-0.1, -0.05) is 37.2 Å². The van der Waals surface area contributed by atoms with E-state index >= 15 is 0 Å². The molecule has 2 aromatic carbocycles. The summed E-state index contributed by atoms with van der Waals surface area (Å²) in [5.41, 5.74) is 3.83. The van der Waals surface area contributed by atoms with E-state index in [0.717, 1.165) is 0 Å². The second-order valence-electron chi connectivity index (χ2n) is 11.7. The Kier molecular flexibility index (Phi) is 6.69. The fourth-order valence-corrected chi connectivity index (χ4v) is 7.05. The number of nitrogens with two attached hydrogens (primary N) is 1. The molecule has 0 aliphatic heterocycles. The van der Waals surface area contributed by atoms with Crippen LogP contribution in [-0.4, -0.2) is 54.6 Å². The number of anilines is 1. The molecule has 1 heterocycles. The van der Waals surface area contributed by atoms with Crippen LogP contribution in [0.2, 0.25) is 0 Å². The lowest BCUT2D eigenvalue weighted by atomic mass is 9.54. The highest BCUT2D eigenvalue weighted by atomic mass is 16.5. The molecule has 4 atom stereocenters. The Morgan fingerprint density at radius 1 is 1.11 bits per heavy atom. The van der Waals surface area contributed by atoms with Crippen molar-refractivity contribution in [1.82, 2.24) is 5.16 Å². The first-order chi connectivity index (χ1) is 20.9. The molecule has 3 aliphatic carbocycles. The van der Waals surface area contributed by atoms with Gasteiger partial charge in [0.2, 0.25) is 11.5 Å². The summed E-state index contributed by atoms with van der Waals surface area (Å²) >= 11 is 0. The number of hydrogen-bond acceptors (Lipinski definition) is 10. The summed E-state index contributed by atoms with van der Waals surface area (Å²) in [6, 6.07) is 11.3. The molecule has 0 radical (unpaired) electrons. The van der Waals surface area contributed by atoms with Crippen LogP contribution in [0.1, 0.15) is 41.9 Å². The third-order valence-corrected chi connectivity index (χ3v) is 8.95. The predicted molar refractivity (Wildman–Crippen MR) is 155 cm³/mol. The molecule has 1 saturated carbocycles. The Bertz CT molecular complexity index is 1820. The van der Waals surface area contributed by atoms with Gasteiger partial charge in [-0.15, -0.1) is 0 Å². The lowest BCUT2D eigenvalue weighted by Crippen LogP contribution is -2.62. The molecular weight excluding hydrogens is 570 g/mol. The van der Waals surface area contributed by atoms with Gasteiger partial charge < -0.3 is 36.0 Å². The van der Waals surface area contributed by atoms with E-state index in [1.807, 2.05) is 0 Å². The van der Waals surface area contributed by atoms with Crippen LogP contribution >= 0.6 is 0 Å². The van der Waals surface area contributed by atoms with Gasteiger partial charge in [-0.25, -0.2) is 0 Å². The highest BCUT2D eigenvalue weighted by Gasteiger charge is 2.64. The Balaban J connectivity index is 1.46.